The quantitative estimate of drug-likeness (QED) is 0.923. The van der Waals surface area contributed by atoms with E-state index in [9.17, 15) is 0 Å². The summed E-state index contributed by atoms with van der Waals surface area (Å²) in [6, 6.07) is 5.55. The fourth-order valence-corrected chi connectivity index (χ4v) is 4.64. The Morgan fingerprint density at radius 2 is 2.40 bits per heavy atom. The normalized spacial score (nSPS) is 31.6. The number of rotatable bonds is 4. The number of likely N-dealkylation sites (tertiary alicyclic amines) is 1. The first-order valence-electron chi connectivity index (χ1n) is 7.76. The maximum Gasteiger partial charge on any atom is 0.0401 e. The predicted octanol–water partition coefficient (Wildman–Crippen LogP) is 2.56. The summed E-state index contributed by atoms with van der Waals surface area (Å²) >= 11 is 2.10. The van der Waals surface area contributed by atoms with Crippen LogP contribution in [-0.2, 0) is 0 Å². The number of nitrogens with one attached hydrogen (secondary N) is 1. The molecular weight excluding hydrogens is 266 g/mol. The smallest absolute Gasteiger partial charge is 0.0401 e. The summed E-state index contributed by atoms with van der Waals surface area (Å²) in [6.07, 6.45) is 7.93. The molecule has 20 heavy (non-hydrogen) atoms. The molecule has 2 aliphatic heterocycles. The summed E-state index contributed by atoms with van der Waals surface area (Å²) in [4.78, 5) is 6.78. The summed E-state index contributed by atoms with van der Waals surface area (Å²) in [5, 5.41) is 3.82. The Kier molecular flexibility index (Phi) is 4.97. The second-order valence-corrected chi connectivity index (χ2v) is 7.23. The van der Waals surface area contributed by atoms with Crippen molar-refractivity contribution in [1.29, 1.82) is 0 Å². The van der Waals surface area contributed by atoms with E-state index in [1.807, 2.05) is 12.4 Å². The second-order valence-electron chi connectivity index (χ2n) is 6.08. The van der Waals surface area contributed by atoms with E-state index in [1.54, 1.807) is 0 Å². The molecule has 4 heteroatoms. The van der Waals surface area contributed by atoms with E-state index in [-0.39, 0.29) is 0 Å². The zero-order chi connectivity index (χ0) is 13.8. The molecule has 3 heterocycles. The van der Waals surface area contributed by atoms with Crippen LogP contribution in [-0.4, -0.2) is 47.6 Å². The van der Waals surface area contributed by atoms with E-state index in [0.29, 0.717) is 6.04 Å². The van der Waals surface area contributed by atoms with Crippen molar-refractivity contribution in [3.63, 3.8) is 0 Å². The van der Waals surface area contributed by atoms with Gasteiger partial charge in [0, 0.05) is 36.8 Å². The van der Waals surface area contributed by atoms with Gasteiger partial charge in [0.15, 0.2) is 0 Å². The SMILES string of the molecule is CN1CC[C@@H](CN[C@@H]2CCCSC2)[C@@H]1c1cccnc1. The number of nitrogens with zero attached hydrogens (tertiary/aromatic N) is 2. The highest BCUT2D eigenvalue weighted by atomic mass is 32.2. The Balaban J connectivity index is 1.60. The Morgan fingerprint density at radius 1 is 1.45 bits per heavy atom. The van der Waals surface area contributed by atoms with Gasteiger partial charge in [-0.05, 0) is 56.2 Å². The number of aromatic nitrogens is 1. The number of pyridine rings is 1. The standard InChI is InChI=1S/C16H25N3S/c1-19-8-6-14(11-18-15-5-3-9-20-12-15)16(19)13-4-2-7-17-10-13/h2,4,7,10,14-16,18H,3,5-6,8-9,11-12H2,1H3/t14-,15+,16-/m0/s1. The van der Waals surface area contributed by atoms with Gasteiger partial charge in [-0.25, -0.2) is 0 Å². The van der Waals surface area contributed by atoms with E-state index in [0.717, 1.165) is 18.5 Å². The lowest BCUT2D eigenvalue weighted by atomic mass is 9.94. The molecular formula is C16H25N3S. The van der Waals surface area contributed by atoms with Crippen LogP contribution in [0, 0.1) is 5.92 Å². The zero-order valence-corrected chi connectivity index (χ0v) is 13.1. The Labute approximate surface area is 126 Å². The number of thioether (sulfide) groups is 1. The molecule has 0 bridgehead atoms. The molecule has 0 spiro atoms. The molecule has 3 rings (SSSR count). The van der Waals surface area contributed by atoms with E-state index < -0.39 is 0 Å². The summed E-state index contributed by atoms with van der Waals surface area (Å²) in [5.41, 5.74) is 1.37. The van der Waals surface area contributed by atoms with Crippen molar-refractivity contribution >= 4 is 11.8 Å². The van der Waals surface area contributed by atoms with Gasteiger partial charge in [0.25, 0.3) is 0 Å². The third-order valence-electron chi connectivity index (χ3n) is 4.63. The largest absolute Gasteiger partial charge is 0.313 e. The first-order chi connectivity index (χ1) is 9.84. The second kappa shape index (κ2) is 6.92. The lowest BCUT2D eigenvalue weighted by molar-refractivity contribution is 0.267. The van der Waals surface area contributed by atoms with Gasteiger partial charge in [0.2, 0.25) is 0 Å². The highest BCUT2D eigenvalue weighted by Gasteiger charge is 2.33. The minimum Gasteiger partial charge on any atom is -0.313 e. The van der Waals surface area contributed by atoms with Crippen LogP contribution in [0.5, 0.6) is 0 Å². The maximum absolute atomic E-state index is 4.30. The van der Waals surface area contributed by atoms with Crippen molar-refractivity contribution in [2.75, 3.05) is 31.6 Å². The van der Waals surface area contributed by atoms with Crippen molar-refractivity contribution in [1.82, 2.24) is 15.2 Å². The molecule has 0 unspecified atom stereocenters. The summed E-state index contributed by atoms with van der Waals surface area (Å²) in [5.74, 6) is 3.36. The number of hydrogen-bond acceptors (Lipinski definition) is 4. The third-order valence-corrected chi connectivity index (χ3v) is 5.84. The molecule has 1 N–H and O–H groups in total. The maximum atomic E-state index is 4.30. The molecule has 1 aromatic rings. The lowest BCUT2D eigenvalue weighted by Gasteiger charge is -2.28. The third kappa shape index (κ3) is 3.35. The van der Waals surface area contributed by atoms with Crippen molar-refractivity contribution in [2.24, 2.45) is 5.92 Å². The van der Waals surface area contributed by atoms with Gasteiger partial charge in [-0.3, -0.25) is 9.88 Å². The van der Waals surface area contributed by atoms with Gasteiger partial charge in [-0.2, -0.15) is 11.8 Å². The molecule has 0 aliphatic carbocycles. The molecule has 0 radical (unpaired) electrons. The van der Waals surface area contributed by atoms with Crippen LogP contribution < -0.4 is 5.32 Å². The van der Waals surface area contributed by atoms with E-state index in [1.165, 1.54) is 42.9 Å². The highest BCUT2D eigenvalue weighted by molar-refractivity contribution is 7.99. The van der Waals surface area contributed by atoms with Crippen LogP contribution in [0.15, 0.2) is 24.5 Å². The van der Waals surface area contributed by atoms with E-state index >= 15 is 0 Å². The molecule has 0 aromatic carbocycles. The fourth-order valence-electron chi connectivity index (χ4n) is 3.54. The average molecular weight is 291 g/mol. The minimum absolute atomic E-state index is 0.535. The zero-order valence-electron chi connectivity index (χ0n) is 12.3. The van der Waals surface area contributed by atoms with Crippen LogP contribution >= 0.6 is 11.8 Å². The Bertz CT molecular complexity index is 405. The topological polar surface area (TPSA) is 28.2 Å². The fraction of sp³-hybridized carbons (Fsp3) is 0.688. The van der Waals surface area contributed by atoms with Crippen LogP contribution in [0.3, 0.4) is 0 Å². The molecule has 2 aliphatic rings. The molecule has 2 saturated heterocycles. The number of hydrogen-bond donors (Lipinski definition) is 1. The molecule has 3 nitrogen and oxygen atoms in total. The highest BCUT2D eigenvalue weighted by Crippen LogP contribution is 2.35. The molecule has 2 fully saturated rings. The van der Waals surface area contributed by atoms with Crippen LogP contribution in [0.4, 0.5) is 0 Å². The monoisotopic (exact) mass is 291 g/mol. The van der Waals surface area contributed by atoms with Crippen molar-refractivity contribution in [3.8, 4) is 0 Å². The van der Waals surface area contributed by atoms with Crippen LogP contribution in [0.2, 0.25) is 0 Å². The first-order valence-corrected chi connectivity index (χ1v) is 8.91. The summed E-state index contributed by atoms with van der Waals surface area (Å²) < 4.78 is 0. The molecule has 0 saturated carbocycles. The summed E-state index contributed by atoms with van der Waals surface area (Å²) in [7, 11) is 2.24. The molecule has 110 valence electrons. The summed E-state index contributed by atoms with van der Waals surface area (Å²) in [6.45, 7) is 2.35. The van der Waals surface area contributed by atoms with E-state index in [4.69, 9.17) is 0 Å². The van der Waals surface area contributed by atoms with Crippen molar-refractivity contribution in [3.05, 3.63) is 30.1 Å². The predicted molar refractivity (Wildman–Crippen MR) is 86.1 cm³/mol. The van der Waals surface area contributed by atoms with Gasteiger partial charge in [-0.15, -0.1) is 0 Å². The Hall–Kier alpha value is -0.580. The average Bonchev–Trinajstić information content (AvgIpc) is 2.88. The van der Waals surface area contributed by atoms with Crippen molar-refractivity contribution < 1.29 is 0 Å². The lowest BCUT2D eigenvalue weighted by Crippen LogP contribution is -2.38. The van der Waals surface area contributed by atoms with E-state index in [2.05, 4.69) is 46.1 Å². The van der Waals surface area contributed by atoms with Crippen molar-refractivity contribution in [2.45, 2.75) is 31.3 Å². The van der Waals surface area contributed by atoms with Crippen LogP contribution in [0.25, 0.3) is 0 Å². The minimum atomic E-state index is 0.535. The molecule has 1 aromatic heterocycles. The molecule has 0 amide bonds. The van der Waals surface area contributed by atoms with Gasteiger partial charge in [0.1, 0.15) is 0 Å². The van der Waals surface area contributed by atoms with Gasteiger partial charge in [-0.1, -0.05) is 6.07 Å². The molecule has 3 atom stereocenters. The van der Waals surface area contributed by atoms with Crippen LogP contribution in [0.1, 0.15) is 30.9 Å². The Morgan fingerprint density at radius 3 is 3.15 bits per heavy atom. The van der Waals surface area contributed by atoms with Gasteiger partial charge < -0.3 is 5.32 Å². The first kappa shape index (κ1) is 14.4. The van der Waals surface area contributed by atoms with Gasteiger partial charge >= 0.3 is 0 Å². The van der Waals surface area contributed by atoms with Gasteiger partial charge in [0.05, 0.1) is 0 Å².